The molecule has 2 nitrogen and oxygen atoms in total. The van der Waals surface area contributed by atoms with Crippen molar-refractivity contribution in [3.05, 3.63) is 35.9 Å². The molecule has 0 aromatic carbocycles. The normalized spacial score (nSPS) is 16.2. The van der Waals surface area contributed by atoms with E-state index in [1.54, 1.807) is 6.08 Å². The summed E-state index contributed by atoms with van der Waals surface area (Å²) in [5, 5.41) is 9.20. The van der Waals surface area contributed by atoms with Gasteiger partial charge in [-0.3, -0.25) is 0 Å². The van der Waals surface area contributed by atoms with Crippen LogP contribution in [0.3, 0.4) is 0 Å². The van der Waals surface area contributed by atoms with Crippen LogP contribution in [-0.2, 0) is 4.65 Å². The zero-order chi connectivity index (χ0) is 10.3. The van der Waals surface area contributed by atoms with Crippen molar-refractivity contribution in [1.82, 2.24) is 0 Å². The molecule has 1 heterocycles. The smallest absolute Gasteiger partial charge is 0.423 e. The number of rotatable bonds is 2. The van der Waals surface area contributed by atoms with Crippen LogP contribution in [0.5, 0.6) is 0 Å². The lowest BCUT2D eigenvalue weighted by atomic mass is 9.78. The fraction of sp³-hybridized carbons (Fsp3) is 0.400. The van der Waals surface area contributed by atoms with Crippen molar-refractivity contribution in [1.29, 1.82) is 0 Å². The van der Waals surface area contributed by atoms with Crippen LogP contribution in [0.25, 0.3) is 0 Å². The molecule has 0 fully saturated rings. The van der Waals surface area contributed by atoms with Crippen molar-refractivity contribution in [3.63, 3.8) is 0 Å². The fourth-order valence-electron chi connectivity index (χ4n) is 1.08. The van der Waals surface area contributed by atoms with Gasteiger partial charge in [0, 0.05) is 0 Å². The molecule has 0 saturated carbocycles. The van der Waals surface area contributed by atoms with Gasteiger partial charge < -0.3 is 9.68 Å². The summed E-state index contributed by atoms with van der Waals surface area (Å²) >= 11 is 0. The Balaban J connectivity index is 0.000000671. The SMILES string of the molecule is C=CC1=C(/C=C\C)COB1O.CC. The average Bonchev–Trinajstić information content (AvgIpc) is 2.51. The van der Waals surface area contributed by atoms with Gasteiger partial charge >= 0.3 is 7.12 Å². The standard InChI is InChI=1S/C8H11BO2.C2H6/c1-3-5-7-6-11-9(10)8(7)4-2;1-2/h3-5,10H,2,6H2,1H3;1-2H3/b5-3-;. The van der Waals surface area contributed by atoms with Gasteiger partial charge in [0.15, 0.2) is 0 Å². The van der Waals surface area contributed by atoms with Gasteiger partial charge in [0.2, 0.25) is 0 Å². The number of hydrogen-bond acceptors (Lipinski definition) is 2. The van der Waals surface area contributed by atoms with Gasteiger partial charge in [-0.05, 0) is 18.0 Å². The summed E-state index contributed by atoms with van der Waals surface area (Å²) in [6.07, 6.45) is 5.47. The molecule has 0 amide bonds. The second kappa shape index (κ2) is 6.69. The number of allylic oxidation sites excluding steroid dienone is 3. The van der Waals surface area contributed by atoms with Crippen LogP contribution >= 0.6 is 0 Å². The van der Waals surface area contributed by atoms with Crippen molar-refractivity contribution in [2.45, 2.75) is 20.8 Å². The molecule has 0 bridgehead atoms. The van der Waals surface area contributed by atoms with Crippen molar-refractivity contribution >= 4 is 7.12 Å². The van der Waals surface area contributed by atoms with E-state index in [0.717, 1.165) is 11.0 Å². The highest BCUT2D eigenvalue weighted by molar-refractivity contribution is 6.54. The maximum atomic E-state index is 9.20. The quantitative estimate of drug-likeness (QED) is 0.659. The van der Waals surface area contributed by atoms with Crippen LogP contribution in [0, 0.1) is 0 Å². The van der Waals surface area contributed by atoms with Crippen molar-refractivity contribution in [3.8, 4) is 0 Å². The Bertz CT molecular complexity index is 219. The van der Waals surface area contributed by atoms with Crippen LogP contribution in [-0.4, -0.2) is 18.7 Å². The molecule has 0 unspecified atom stereocenters. The van der Waals surface area contributed by atoms with Crippen LogP contribution in [0.2, 0.25) is 0 Å². The lowest BCUT2D eigenvalue weighted by Gasteiger charge is -1.94. The van der Waals surface area contributed by atoms with E-state index in [1.165, 1.54) is 0 Å². The van der Waals surface area contributed by atoms with E-state index in [0.29, 0.717) is 6.61 Å². The first-order chi connectivity index (χ1) is 6.29. The summed E-state index contributed by atoms with van der Waals surface area (Å²) < 4.78 is 4.98. The van der Waals surface area contributed by atoms with E-state index >= 15 is 0 Å². The Morgan fingerprint density at radius 1 is 1.54 bits per heavy atom. The molecule has 1 N–H and O–H groups in total. The molecule has 1 aliphatic rings. The molecular weight excluding hydrogens is 163 g/mol. The van der Waals surface area contributed by atoms with Crippen molar-refractivity contribution in [2.75, 3.05) is 6.61 Å². The topological polar surface area (TPSA) is 29.5 Å². The highest BCUT2D eigenvalue weighted by Gasteiger charge is 2.26. The molecular formula is C10H17BO2. The third-order valence-corrected chi connectivity index (χ3v) is 1.62. The third kappa shape index (κ3) is 3.21. The van der Waals surface area contributed by atoms with Gasteiger partial charge in [0.25, 0.3) is 0 Å². The Morgan fingerprint density at radius 2 is 2.15 bits per heavy atom. The van der Waals surface area contributed by atoms with Crippen molar-refractivity contribution < 1.29 is 9.68 Å². The molecule has 0 spiro atoms. The molecule has 0 saturated heterocycles. The van der Waals surface area contributed by atoms with Gasteiger partial charge in [0.05, 0.1) is 6.61 Å². The average molecular weight is 180 g/mol. The Kier molecular flexibility index (Phi) is 6.28. The van der Waals surface area contributed by atoms with Gasteiger partial charge in [-0.25, -0.2) is 0 Å². The largest absolute Gasteiger partial charge is 0.491 e. The summed E-state index contributed by atoms with van der Waals surface area (Å²) in [6, 6.07) is 0. The monoisotopic (exact) mass is 180 g/mol. The molecule has 0 radical (unpaired) electrons. The first-order valence-electron chi connectivity index (χ1n) is 4.57. The predicted molar refractivity (Wildman–Crippen MR) is 57.3 cm³/mol. The molecule has 0 aliphatic carbocycles. The zero-order valence-electron chi connectivity index (χ0n) is 8.58. The van der Waals surface area contributed by atoms with Crippen LogP contribution in [0.1, 0.15) is 20.8 Å². The van der Waals surface area contributed by atoms with E-state index in [1.807, 2.05) is 32.9 Å². The third-order valence-electron chi connectivity index (χ3n) is 1.62. The molecule has 1 rings (SSSR count). The van der Waals surface area contributed by atoms with Crippen LogP contribution in [0.15, 0.2) is 35.9 Å². The van der Waals surface area contributed by atoms with E-state index in [-0.39, 0.29) is 0 Å². The van der Waals surface area contributed by atoms with E-state index < -0.39 is 7.12 Å². The maximum Gasteiger partial charge on any atom is 0.491 e. The van der Waals surface area contributed by atoms with E-state index in [2.05, 4.69) is 6.58 Å². The summed E-state index contributed by atoms with van der Waals surface area (Å²) in [4.78, 5) is 0. The van der Waals surface area contributed by atoms with Gasteiger partial charge in [0.1, 0.15) is 0 Å². The van der Waals surface area contributed by atoms with E-state index in [4.69, 9.17) is 4.65 Å². The molecule has 13 heavy (non-hydrogen) atoms. The summed E-state index contributed by atoms with van der Waals surface area (Å²) in [6.45, 7) is 10.0. The predicted octanol–water partition coefficient (Wildman–Crippen LogP) is 2.12. The van der Waals surface area contributed by atoms with Crippen molar-refractivity contribution in [2.24, 2.45) is 0 Å². The zero-order valence-corrected chi connectivity index (χ0v) is 8.58. The Morgan fingerprint density at radius 3 is 2.62 bits per heavy atom. The second-order valence-corrected chi connectivity index (χ2v) is 2.35. The van der Waals surface area contributed by atoms with Gasteiger partial charge in [-0.2, -0.15) is 0 Å². The highest BCUT2D eigenvalue weighted by atomic mass is 16.5. The number of hydrogen-bond donors (Lipinski definition) is 1. The van der Waals surface area contributed by atoms with Crippen LogP contribution in [0.4, 0.5) is 0 Å². The minimum absolute atomic E-state index is 0.479. The molecule has 72 valence electrons. The second-order valence-electron chi connectivity index (χ2n) is 2.35. The van der Waals surface area contributed by atoms with Gasteiger partial charge in [-0.15, -0.1) is 0 Å². The molecule has 0 aromatic rings. The lowest BCUT2D eigenvalue weighted by molar-refractivity contribution is 0.311. The first kappa shape index (κ1) is 12.2. The maximum absolute atomic E-state index is 9.20. The van der Waals surface area contributed by atoms with Crippen LogP contribution < -0.4 is 0 Å². The lowest BCUT2D eigenvalue weighted by Crippen LogP contribution is -2.13. The molecule has 0 atom stereocenters. The minimum atomic E-state index is -0.779. The fourth-order valence-corrected chi connectivity index (χ4v) is 1.08. The summed E-state index contributed by atoms with van der Waals surface area (Å²) in [5.41, 5.74) is 1.79. The first-order valence-corrected chi connectivity index (χ1v) is 4.57. The molecule has 0 aromatic heterocycles. The Labute approximate surface area is 80.8 Å². The molecule has 1 aliphatic heterocycles. The molecule has 3 heteroatoms. The summed E-state index contributed by atoms with van der Waals surface area (Å²) in [5.74, 6) is 0. The van der Waals surface area contributed by atoms with Gasteiger partial charge in [-0.1, -0.05) is 38.7 Å². The minimum Gasteiger partial charge on any atom is -0.423 e. The summed E-state index contributed by atoms with van der Waals surface area (Å²) in [7, 11) is -0.779. The Hall–Kier alpha value is -0.795. The van der Waals surface area contributed by atoms with E-state index in [9.17, 15) is 5.02 Å². The highest BCUT2D eigenvalue weighted by Crippen LogP contribution is 2.18.